The van der Waals surface area contributed by atoms with Crippen LogP contribution in [-0.2, 0) is 6.61 Å². The lowest BCUT2D eigenvalue weighted by atomic mass is 10.2. The smallest absolute Gasteiger partial charge is 0.251 e. The van der Waals surface area contributed by atoms with Crippen LogP contribution in [-0.4, -0.2) is 33.0 Å². The van der Waals surface area contributed by atoms with Gasteiger partial charge >= 0.3 is 0 Å². The number of hydrogen-bond acceptors (Lipinski definition) is 4. The van der Waals surface area contributed by atoms with Crippen LogP contribution in [0.2, 0.25) is 0 Å². The van der Waals surface area contributed by atoms with E-state index >= 15 is 0 Å². The first-order valence-corrected chi connectivity index (χ1v) is 8.14. The summed E-state index contributed by atoms with van der Waals surface area (Å²) in [4.78, 5) is 16.5. The fraction of sp³-hybridized carbons (Fsp3) is 0.263. The summed E-state index contributed by atoms with van der Waals surface area (Å²) in [7, 11) is 0. The molecule has 3 rings (SSSR count). The normalized spacial score (nSPS) is 12.1. The number of carbonyl (C=O) groups is 1. The fourth-order valence-electron chi connectivity index (χ4n) is 2.49. The molecule has 0 radical (unpaired) electrons. The Bertz CT molecular complexity index is 871. The lowest BCUT2D eigenvalue weighted by molar-refractivity contribution is 0.0922. The molecule has 1 aromatic carbocycles. The van der Waals surface area contributed by atoms with Crippen LogP contribution in [0.15, 0.2) is 48.8 Å². The molecule has 1 atom stereocenters. The lowest BCUT2D eigenvalue weighted by Crippen LogP contribution is -2.34. The molecule has 2 heterocycles. The van der Waals surface area contributed by atoms with Gasteiger partial charge in [0.15, 0.2) is 0 Å². The Hall–Kier alpha value is -2.86. The predicted molar refractivity (Wildman–Crippen MR) is 94.7 cm³/mol. The fourth-order valence-corrected chi connectivity index (χ4v) is 2.49. The number of imidazole rings is 1. The number of aromatic nitrogens is 2. The van der Waals surface area contributed by atoms with Crippen molar-refractivity contribution in [3.8, 4) is 5.75 Å². The highest BCUT2D eigenvalue weighted by Crippen LogP contribution is 2.15. The van der Waals surface area contributed by atoms with Crippen molar-refractivity contribution in [3.63, 3.8) is 0 Å². The van der Waals surface area contributed by atoms with Crippen molar-refractivity contribution < 1.29 is 14.6 Å². The number of aryl methyl sites for hydroxylation is 1. The standard InChI is InChI=1S/C19H21N3O3/c1-13-4-3-9-22-10-16(21-18(13)22)12-25-17-7-5-15(6-8-17)19(24)20-14(2)11-23/h3-10,14,23H,11-12H2,1-2H3,(H,20,24). The van der Waals surface area contributed by atoms with Crippen LogP contribution >= 0.6 is 0 Å². The van der Waals surface area contributed by atoms with Gasteiger partial charge in [-0.2, -0.15) is 0 Å². The number of ether oxygens (including phenoxy) is 1. The minimum Gasteiger partial charge on any atom is -0.487 e. The molecule has 0 fully saturated rings. The Balaban J connectivity index is 1.63. The molecular weight excluding hydrogens is 318 g/mol. The Labute approximate surface area is 146 Å². The van der Waals surface area contributed by atoms with Gasteiger partial charge in [0, 0.05) is 24.0 Å². The number of nitrogens with zero attached hydrogens (tertiary/aromatic N) is 2. The van der Waals surface area contributed by atoms with Gasteiger partial charge < -0.3 is 19.6 Å². The highest BCUT2D eigenvalue weighted by atomic mass is 16.5. The number of rotatable bonds is 6. The Morgan fingerprint density at radius 1 is 1.32 bits per heavy atom. The number of fused-ring (bicyclic) bond motifs is 1. The first-order chi connectivity index (χ1) is 12.1. The van der Waals surface area contributed by atoms with Crippen molar-refractivity contribution in [2.24, 2.45) is 0 Å². The van der Waals surface area contributed by atoms with Crippen molar-refractivity contribution in [2.75, 3.05) is 6.61 Å². The molecule has 0 aliphatic carbocycles. The van der Waals surface area contributed by atoms with E-state index in [4.69, 9.17) is 9.84 Å². The van der Waals surface area contributed by atoms with Crippen molar-refractivity contribution >= 4 is 11.6 Å². The van der Waals surface area contributed by atoms with E-state index in [0.717, 1.165) is 16.9 Å². The van der Waals surface area contributed by atoms with Gasteiger partial charge in [0.1, 0.15) is 18.0 Å². The largest absolute Gasteiger partial charge is 0.487 e. The van der Waals surface area contributed by atoms with Gasteiger partial charge in [0.25, 0.3) is 5.91 Å². The molecule has 6 heteroatoms. The van der Waals surface area contributed by atoms with Crippen molar-refractivity contribution in [3.05, 3.63) is 65.6 Å². The highest BCUT2D eigenvalue weighted by Gasteiger charge is 2.09. The van der Waals surface area contributed by atoms with Gasteiger partial charge in [0.2, 0.25) is 0 Å². The molecule has 0 spiro atoms. The van der Waals surface area contributed by atoms with E-state index in [0.29, 0.717) is 17.9 Å². The van der Waals surface area contributed by atoms with Gasteiger partial charge in [-0.05, 0) is 49.7 Å². The van der Waals surface area contributed by atoms with Crippen molar-refractivity contribution in [1.29, 1.82) is 0 Å². The number of carbonyl (C=O) groups excluding carboxylic acids is 1. The van der Waals surface area contributed by atoms with Crippen LogP contribution < -0.4 is 10.1 Å². The average molecular weight is 339 g/mol. The summed E-state index contributed by atoms with van der Waals surface area (Å²) < 4.78 is 7.73. The monoisotopic (exact) mass is 339 g/mol. The first-order valence-electron chi connectivity index (χ1n) is 8.14. The number of hydrogen-bond donors (Lipinski definition) is 2. The molecule has 0 aliphatic heterocycles. The van der Waals surface area contributed by atoms with Crippen LogP contribution in [0.4, 0.5) is 0 Å². The second kappa shape index (κ2) is 7.36. The summed E-state index contributed by atoms with van der Waals surface area (Å²) in [5, 5.41) is 11.7. The van der Waals surface area contributed by atoms with Crippen LogP contribution in [0.3, 0.4) is 0 Å². The maximum Gasteiger partial charge on any atom is 0.251 e. The maximum absolute atomic E-state index is 12.0. The van der Waals surface area contributed by atoms with Crippen molar-refractivity contribution in [2.45, 2.75) is 26.5 Å². The molecule has 25 heavy (non-hydrogen) atoms. The third kappa shape index (κ3) is 3.97. The molecule has 0 saturated carbocycles. The predicted octanol–water partition coefficient (Wildman–Crippen LogP) is 2.33. The number of pyridine rings is 1. The molecule has 3 aromatic rings. The van der Waals surface area contributed by atoms with E-state index in [-0.39, 0.29) is 18.6 Å². The van der Waals surface area contributed by atoms with Gasteiger partial charge in [-0.15, -0.1) is 0 Å². The van der Waals surface area contributed by atoms with Gasteiger partial charge in [0.05, 0.1) is 12.3 Å². The average Bonchev–Trinajstić information content (AvgIpc) is 3.05. The summed E-state index contributed by atoms with van der Waals surface area (Å²) in [6, 6.07) is 10.6. The Morgan fingerprint density at radius 3 is 2.76 bits per heavy atom. The summed E-state index contributed by atoms with van der Waals surface area (Å²) >= 11 is 0. The SMILES string of the molecule is Cc1cccn2cc(COc3ccc(C(=O)NC(C)CO)cc3)nc12. The zero-order valence-electron chi connectivity index (χ0n) is 14.3. The molecular formula is C19H21N3O3. The molecule has 1 unspecified atom stereocenters. The highest BCUT2D eigenvalue weighted by molar-refractivity contribution is 5.94. The summed E-state index contributed by atoms with van der Waals surface area (Å²) in [5.41, 5.74) is 3.40. The number of amides is 1. The third-order valence-electron chi connectivity index (χ3n) is 3.88. The number of aliphatic hydroxyl groups excluding tert-OH is 1. The lowest BCUT2D eigenvalue weighted by Gasteiger charge is -2.11. The van der Waals surface area contributed by atoms with Crippen LogP contribution in [0, 0.1) is 6.92 Å². The van der Waals surface area contributed by atoms with Crippen LogP contribution in [0.1, 0.15) is 28.5 Å². The zero-order chi connectivity index (χ0) is 17.8. The third-order valence-corrected chi connectivity index (χ3v) is 3.88. The van der Waals surface area contributed by atoms with E-state index < -0.39 is 0 Å². The number of nitrogens with one attached hydrogen (secondary N) is 1. The molecule has 6 nitrogen and oxygen atoms in total. The second-order valence-electron chi connectivity index (χ2n) is 6.02. The van der Waals surface area contributed by atoms with E-state index in [1.165, 1.54) is 0 Å². The second-order valence-corrected chi connectivity index (χ2v) is 6.02. The van der Waals surface area contributed by atoms with Crippen molar-refractivity contribution in [1.82, 2.24) is 14.7 Å². The van der Waals surface area contributed by atoms with Gasteiger partial charge in [-0.25, -0.2) is 4.98 Å². The Kier molecular flexibility index (Phi) is 5.00. The van der Waals surface area contributed by atoms with E-state index in [9.17, 15) is 4.79 Å². The summed E-state index contributed by atoms with van der Waals surface area (Å²) in [6.07, 6.45) is 3.90. The summed E-state index contributed by atoms with van der Waals surface area (Å²) in [6.45, 7) is 4.03. The molecule has 0 saturated heterocycles. The Morgan fingerprint density at radius 2 is 2.08 bits per heavy atom. The number of benzene rings is 1. The molecule has 0 bridgehead atoms. The number of aliphatic hydroxyl groups is 1. The molecule has 2 aromatic heterocycles. The quantitative estimate of drug-likeness (QED) is 0.723. The van der Waals surface area contributed by atoms with E-state index in [1.807, 2.05) is 35.9 Å². The first kappa shape index (κ1) is 17.0. The zero-order valence-corrected chi connectivity index (χ0v) is 14.3. The van der Waals surface area contributed by atoms with Gasteiger partial charge in [-0.1, -0.05) is 6.07 Å². The molecule has 0 aliphatic rings. The summed E-state index contributed by atoms with van der Waals surface area (Å²) in [5.74, 6) is 0.449. The van der Waals surface area contributed by atoms with Crippen LogP contribution in [0.25, 0.3) is 5.65 Å². The molecule has 2 N–H and O–H groups in total. The van der Waals surface area contributed by atoms with Gasteiger partial charge in [-0.3, -0.25) is 4.79 Å². The maximum atomic E-state index is 12.0. The van der Waals surface area contributed by atoms with E-state index in [1.54, 1.807) is 31.2 Å². The van der Waals surface area contributed by atoms with E-state index in [2.05, 4.69) is 10.3 Å². The van der Waals surface area contributed by atoms with Crippen LogP contribution in [0.5, 0.6) is 5.75 Å². The molecule has 1 amide bonds. The minimum absolute atomic E-state index is 0.0918. The molecule has 130 valence electrons. The minimum atomic E-state index is -0.276. The topological polar surface area (TPSA) is 75.9 Å².